The molecular formula is C11H20N2O6S. The molecule has 0 aromatic heterocycles. The number of aliphatic carboxylic acids is 1. The summed E-state index contributed by atoms with van der Waals surface area (Å²) in [6, 6.07) is -1.87. The zero-order chi connectivity index (χ0) is 15.2. The van der Waals surface area contributed by atoms with Gasteiger partial charge in [0, 0.05) is 26.2 Å². The summed E-state index contributed by atoms with van der Waals surface area (Å²) in [6.07, 6.45) is 0.870. The van der Waals surface area contributed by atoms with Crippen LogP contribution < -0.4 is 10.6 Å². The van der Waals surface area contributed by atoms with Gasteiger partial charge in [0.1, 0.15) is 15.9 Å². The molecule has 1 aliphatic heterocycles. The highest BCUT2D eigenvalue weighted by molar-refractivity contribution is 7.91. The lowest BCUT2D eigenvalue weighted by molar-refractivity contribution is -0.139. The number of amides is 2. The largest absolute Gasteiger partial charge is 0.480 e. The number of hydrogen-bond acceptors (Lipinski definition) is 5. The molecule has 1 fully saturated rings. The van der Waals surface area contributed by atoms with Gasteiger partial charge >= 0.3 is 12.0 Å². The van der Waals surface area contributed by atoms with E-state index >= 15 is 0 Å². The van der Waals surface area contributed by atoms with Crippen molar-refractivity contribution in [2.45, 2.75) is 31.3 Å². The van der Waals surface area contributed by atoms with Gasteiger partial charge in [-0.05, 0) is 12.8 Å². The zero-order valence-corrected chi connectivity index (χ0v) is 12.1. The quantitative estimate of drug-likeness (QED) is 0.599. The Hall–Kier alpha value is -1.35. The number of rotatable bonds is 6. The molecule has 2 amide bonds. The van der Waals surface area contributed by atoms with E-state index in [-0.39, 0.29) is 30.6 Å². The molecule has 9 heteroatoms. The van der Waals surface area contributed by atoms with Gasteiger partial charge in [-0.3, -0.25) is 0 Å². The Labute approximate surface area is 117 Å². The van der Waals surface area contributed by atoms with Crippen molar-refractivity contribution in [2.75, 3.05) is 25.2 Å². The second-order valence-electron chi connectivity index (χ2n) is 4.72. The van der Waals surface area contributed by atoms with Gasteiger partial charge in [0.05, 0.1) is 11.5 Å². The van der Waals surface area contributed by atoms with Gasteiger partial charge in [0.2, 0.25) is 0 Å². The van der Waals surface area contributed by atoms with Crippen LogP contribution in [-0.2, 0) is 19.4 Å². The summed E-state index contributed by atoms with van der Waals surface area (Å²) >= 11 is 0. The number of carbonyl (C=O) groups excluding carboxylic acids is 1. The molecule has 8 nitrogen and oxygen atoms in total. The minimum absolute atomic E-state index is 0.0456. The molecule has 1 atom stereocenters. The lowest BCUT2D eigenvalue weighted by atomic mass is 10.1. The number of sulfone groups is 1. The van der Waals surface area contributed by atoms with Crippen molar-refractivity contribution in [3.63, 3.8) is 0 Å². The minimum Gasteiger partial charge on any atom is -0.480 e. The van der Waals surface area contributed by atoms with Crippen molar-refractivity contribution < 1.29 is 27.9 Å². The first-order valence-electron chi connectivity index (χ1n) is 6.33. The highest BCUT2D eigenvalue weighted by atomic mass is 32.2. The number of nitrogens with one attached hydrogen (secondary N) is 2. The molecule has 3 N–H and O–H groups in total. The minimum atomic E-state index is -2.98. The molecule has 1 heterocycles. The summed E-state index contributed by atoms with van der Waals surface area (Å²) < 4.78 is 27.3. The summed E-state index contributed by atoms with van der Waals surface area (Å²) in [5.41, 5.74) is 0. The van der Waals surface area contributed by atoms with Crippen molar-refractivity contribution >= 4 is 21.8 Å². The first-order chi connectivity index (χ1) is 9.34. The number of methoxy groups -OCH3 is 1. The summed E-state index contributed by atoms with van der Waals surface area (Å²) in [7, 11) is -1.54. The lowest BCUT2D eigenvalue weighted by Crippen LogP contribution is -2.50. The van der Waals surface area contributed by atoms with Crippen LogP contribution in [0.5, 0.6) is 0 Å². The van der Waals surface area contributed by atoms with Crippen LogP contribution in [0, 0.1) is 0 Å². The van der Waals surface area contributed by atoms with E-state index in [2.05, 4.69) is 10.6 Å². The van der Waals surface area contributed by atoms with Gasteiger partial charge < -0.3 is 20.5 Å². The fourth-order valence-electron chi connectivity index (χ4n) is 1.91. The van der Waals surface area contributed by atoms with E-state index in [0.717, 1.165) is 0 Å². The molecule has 1 saturated heterocycles. The number of carbonyl (C=O) groups is 2. The zero-order valence-electron chi connectivity index (χ0n) is 11.3. The highest BCUT2D eigenvalue weighted by Gasteiger charge is 2.26. The topological polar surface area (TPSA) is 122 Å². The molecule has 20 heavy (non-hydrogen) atoms. The van der Waals surface area contributed by atoms with E-state index in [0.29, 0.717) is 12.8 Å². The average Bonchev–Trinajstić information content (AvgIpc) is 2.36. The molecule has 0 radical (unpaired) electrons. The molecule has 0 aromatic carbocycles. The molecule has 1 aliphatic rings. The third-order valence-corrected chi connectivity index (χ3v) is 4.82. The summed E-state index contributed by atoms with van der Waals surface area (Å²) in [5.74, 6) is -1.04. The fraction of sp³-hybridized carbons (Fsp3) is 0.818. The number of carboxylic acid groups (broad SMARTS) is 1. The fourth-order valence-corrected chi connectivity index (χ4v) is 3.40. The van der Waals surface area contributed by atoms with Crippen LogP contribution in [0.1, 0.15) is 19.3 Å². The molecule has 116 valence electrons. The van der Waals surface area contributed by atoms with E-state index in [1.54, 1.807) is 0 Å². The second kappa shape index (κ2) is 7.44. The van der Waals surface area contributed by atoms with Gasteiger partial charge in [-0.15, -0.1) is 0 Å². The van der Waals surface area contributed by atoms with Gasteiger partial charge in [-0.25, -0.2) is 18.0 Å². The van der Waals surface area contributed by atoms with Crippen LogP contribution in [-0.4, -0.2) is 62.8 Å². The number of hydrogen-bond donors (Lipinski definition) is 3. The molecule has 0 saturated carbocycles. The lowest BCUT2D eigenvalue weighted by Gasteiger charge is -2.24. The van der Waals surface area contributed by atoms with Gasteiger partial charge in [0.15, 0.2) is 0 Å². The normalized spacial score (nSPS) is 20.1. The van der Waals surface area contributed by atoms with Gasteiger partial charge in [0.25, 0.3) is 0 Å². The molecule has 0 aliphatic carbocycles. The summed E-state index contributed by atoms with van der Waals surface area (Å²) in [5, 5.41) is 13.9. The van der Waals surface area contributed by atoms with Crippen LogP contribution in [0.15, 0.2) is 0 Å². The van der Waals surface area contributed by atoms with E-state index < -0.39 is 27.9 Å². The van der Waals surface area contributed by atoms with Crippen LogP contribution in [0.3, 0.4) is 0 Å². The molecule has 1 rings (SSSR count). The maximum atomic E-state index is 11.7. The first-order valence-corrected chi connectivity index (χ1v) is 8.15. The number of carboxylic acids is 1. The van der Waals surface area contributed by atoms with E-state index in [1.165, 1.54) is 7.11 Å². The SMILES string of the molecule is COCCC(NC(=O)NC1CCS(=O)(=O)CC1)C(=O)O. The van der Waals surface area contributed by atoms with Gasteiger partial charge in [-0.2, -0.15) is 0 Å². The van der Waals surface area contributed by atoms with Crippen molar-refractivity contribution in [1.29, 1.82) is 0 Å². The summed E-state index contributed by atoms with van der Waals surface area (Å²) in [4.78, 5) is 22.6. The molecule has 1 unspecified atom stereocenters. The van der Waals surface area contributed by atoms with Crippen LogP contribution in [0.2, 0.25) is 0 Å². The predicted molar refractivity (Wildman–Crippen MR) is 71.3 cm³/mol. The molecule has 0 bridgehead atoms. The maximum Gasteiger partial charge on any atom is 0.326 e. The molecular weight excluding hydrogens is 288 g/mol. The Balaban J connectivity index is 2.40. The maximum absolute atomic E-state index is 11.7. The van der Waals surface area contributed by atoms with E-state index in [1.807, 2.05) is 0 Å². The summed E-state index contributed by atoms with van der Waals surface area (Å²) in [6.45, 7) is 0.221. The van der Waals surface area contributed by atoms with Crippen molar-refractivity contribution in [2.24, 2.45) is 0 Å². The standard InChI is InChI=1S/C11H20N2O6S/c1-19-5-2-9(10(14)15)13-11(16)12-8-3-6-20(17,18)7-4-8/h8-9H,2-7H2,1H3,(H,14,15)(H2,12,13,16). The number of ether oxygens (including phenoxy) is 1. The Morgan fingerprint density at radius 2 is 1.95 bits per heavy atom. The second-order valence-corrected chi connectivity index (χ2v) is 7.02. The highest BCUT2D eigenvalue weighted by Crippen LogP contribution is 2.11. The van der Waals surface area contributed by atoms with Gasteiger partial charge in [-0.1, -0.05) is 0 Å². The smallest absolute Gasteiger partial charge is 0.326 e. The third-order valence-electron chi connectivity index (χ3n) is 3.10. The third kappa shape index (κ3) is 5.74. The van der Waals surface area contributed by atoms with Crippen LogP contribution >= 0.6 is 0 Å². The predicted octanol–water partition coefficient (Wildman–Crippen LogP) is -0.647. The average molecular weight is 308 g/mol. The Bertz CT molecular complexity index is 436. The van der Waals surface area contributed by atoms with Crippen molar-refractivity contribution in [3.05, 3.63) is 0 Å². The monoisotopic (exact) mass is 308 g/mol. The Kier molecular flexibility index (Phi) is 6.21. The van der Waals surface area contributed by atoms with Crippen LogP contribution in [0.4, 0.5) is 4.79 Å². The molecule has 0 aromatic rings. The van der Waals surface area contributed by atoms with Crippen molar-refractivity contribution in [3.8, 4) is 0 Å². The van der Waals surface area contributed by atoms with Crippen molar-refractivity contribution in [1.82, 2.24) is 10.6 Å². The Morgan fingerprint density at radius 3 is 2.45 bits per heavy atom. The number of urea groups is 1. The van der Waals surface area contributed by atoms with E-state index in [4.69, 9.17) is 9.84 Å². The Morgan fingerprint density at radius 1 is 1.35 bits per heavy atom. The molecule has 0 spiro atoms. The van der Waals surface area contributed by atoms with Crippen LogP contribution in [0.25, 0.3) is 0 Å². The first kappa shape index (κ1) is 16.7. The van der Waals surface area contributed by atoms with E-state index in [9.17, 15) is 18.0 Å².